The zero-order valence-corrected chi connectivity index (χ0v) is 9.07. The van der Waals surface area contributed by atoms with Gasteiger partial charge in [0.05, 0.1) is 6.61 Å². The first kappa shape index (κ1) is 13.2. The van der Waals surface area contributed by atoms with E-state index < -0.39 is 18.4 Å². The number of nitrogens with two attached hydrogens (primary N) is 2. The van der Waals surface area contributed by atoms with Crippen LogP contribution in [-0.2, 0) is 4.74 Å². The third kappa shape index (κ3) is 4.30. The van der Waals surface area contributed by atoms with E-state index in [-0.39, 0.29) is 31.4 Å². The monoisotopic (exact) mass is 236 g/mol. The molecule has 0 saturated heterocycles. The molecule has 0 bridgehead atoms. The summed E-state index contributed by atoms with van der Waals surface area (Å²) in [5, 5.41) is 0. The molecule has 6 heteroatoms. The summed E-state index contributed by atoms with van der Waals surface area (Å²) in [6, 6.07) is -0.207. The molecule has 1 aliphatic rings. The number of hydrogen-bond donors (Lipinski definition) is 2. The Labute approximate surface area is 93.3 Å². The first-order valence-corrected chi connectivity index (χ1v) is 5.45. The Kier molecular flexibility index (Phi) is 4.92. The van der Waals surface area contributed by atoms with Gasteiger partial charge in [-0.2, -0.15) is 0 Å². The van der Waals surface area contributed by atoms with Crippen molar-refractivity contribution in [3.63, 3.8) is 0 Å². The Morgan fingerprint density at radius 2 is 1.94 bits per heavy atom. The number of alkyl halides is 2. The zero-order valence-electron chi connectivity index (χ0n) is 9.07. The lowest BCUT2D eigenvalue weighted by molar-refractivity contribution is 0.151. The van der Waals surface area contributed by atoms with Crippen LogP contribution in [0.25, 0.3) is 0 Å². The Bertz CT molecular complexity index is 231. The van der Waals surface area contributed by atoms with Crippen LogP contribution < -0.4 is 11.5 Å². The van der Waals surface area contributed by atoms with E-state index >= 15 is 0 Å². The molecule has 94 valence electrons. The van der Waals surface area contributed by atoms with Gasteiger partial charge >= 0.3 is 6.09 Å². The van der Waals surface area contributed by atoms with E-state index in [0.29, 0.717) is 12.8 Å². The quantitative estimate of drug-likeness (QED) is 0.754. The molecule has 4 N–H and O–H groups in total. The molecule has 1 rings (SSSR count). The van der Waals surface area contributed by atoms with E-state index in [0.717, 1.165) is 0 Å². The predicted molar refractivity (Wildman–Crippen MR) is 55.3 cm³/mol. The molecule has 1 amide bonds. The zero-order chi connectivity index (χ0) is 12.1. The highest BCUT2D eigenvalue weighted by atomic mass is 19.2. The first-order valence-electron chi connectivity index (χ1n) is 5.45. The van der Waals surface area contributed by atoms with Crippen LogP contribution in [0.15, 0.2) is 0 Å². The smallest absolute Gasteiger partial charge is 0.404 e. The van der Waals surface area contributed by atoms with E-state index in [1.807, 2.05) is 0 Å². The molecule has 0 aromatic carbocycles. The number of hydrogen-bond acceptors (Lipinski definition) is 3. The topological polar surface area (TPSA) is 78.3 Å². The van der Waals surface area contributed by atoms with Crippen molar-refractivity contribution >= 4 is 6.09 Å². The van der Waals surface area contributed by atoms with Crippen LogP contribution in [0.4, 0.5) is 13.6 Å². The maximum absolute atomic E-state index is 12.9. The molecule has 0 aromatic rings. The highest BCUT2D eigenvalue weighted by Crippen LogP contribution is 2.33. The second-order valence-corrected chi connectivity index (χ2v) is 4.32. The summed E-state index contributed by atoms with van der Waals surface area (Å²) in [6.45, 7) is 0.154. The van der Waals surface area contributed by atoms with Crippen LogP contribution >= 0.6 is 0 Å². The van der Waals surface area contributed by atoms with Gasteiger partial charge in [0, 0.05) is 6.04 Å². The summed E-state index contributed by atoms with van der Waals surface area (Å²) in [5.41, 5.74) is 10.5. The second kappa shape index (κ2) is 5.98. The molecule has 16 heavy (non-hydrogen) atoms. The Hall–Kier alpha value is -0.910. The largest absolute Gasteiger partial charge is 0.450 e. The predicted octanol–water partition coefficient (Wildman–Crippen LogP) is 1.28. The van der Waals surface area contributed by atoms with Crippen molar-refractivity contribution in [2.45, 2.75) is 44.1 Å². The lowest BCUT2D eigenvalue weighted by atomic mass is 9.97. The third-order valence-corrected chi connectivity index (χ3v) is 2.88. The van der Waals surface area contributed by atoms with Crippen LogP contribution in [-0.4, -0.2) is 31.1 Å². The van der Waals surface area contributed by atoms with Crippen LogP contribution in [0, 0.1) is 5.92 Å². The van der Waals surface area contributed by atoms with Gasteiger partial charge in [-0.25, -0.2) is 13.6 Å². The van der Waals surface area contributed by atoms with Gasteiger partial charge < -0.3 is 16.2 Å². The lowest BCUT2D eigenvalue weighted by Crippen LogP contribution is -2.26. The average Bonchev–Trinajstić information content (AvgIpc) is 2.44. The number of carbonyl (C=O) groups excluding carboxylic acids is 1. The van der Waals surface area contributed by atoms with Gasteiger partial charge in [0.25, 0.3) is 0 Å². The van der Waals surface area contributed by atoms with Crippen molar-refractivity contribution in [3.05, 3.63) is 0 Å². The maximum Gasteiger partial charge on any atom is 0.404 e. The van der Waals surface area contributed by atoms with Crippen LogP contribution in [0.5, 0.6) is 0 Å². The van der Waals surface area contributed by atoms with Gasteiger partial charge in [0.2, 0.25) is 0 Å². The number of rotatable bonds is 5. The van der Waals surface area contributed by atoms with Gasteiger partial charge in [-0.05, 0) is 31.6 Å². The van der Waals surface area contributed by atoms with Gasteiger partial charge in [0.15, 0.2) is 0 Å². The van der Waals surface area contributed by atoms with E-state index in [9.17, 15) is 13.6 Å². The molecule has 3 atom stereocenters. The summed E-state index contributed by atoms with van der Waals surface area (Å²) < 4.78 is 30.3. The van der Waals surface area contributed by atoms with Crippen LogP contribution in [0.2, 0.25) is 0 Å². The molecule has 1 aliphatic carbocycles. The van der Waals surface area contributed by atoms with Gasteiger partial charge in [0.1, 0.15) is 12.3 Å². The fourth-order valence-electron chi connectivity index (χ4n) is 2.08. The highest BCUT2D eigenvalue weighted by molar-refractivity contribution is 5.64. The number of carbonyl (C=O) groups is 1. The summed E-state index contributed by atoms with van der Waals surface area (Å²) in [4.78, 5) is 10.3. The average molecular weight is 236 g/mol. The van der Waals surface area contributed by atoms with Crippen molar-refractivity contribution < 1.29 is 18.3 Å². The molecule has 0 aliphatic heterocycles. The summed E-state index contributed by atoms with van der Waals surface area (Å²) >= 11 is 0. The van der Waals surface area contributed by atoms with Gasteiger partial charge in [-0.15, -0.1) is 0 Å². The van der Waals surface area contributed by atoms with Crippen molar-refractivity contribution in [3.8, 4) is 0 Å². The van der Waals surface area contributed by atoms with Crippen molar-refractivity contribution in [2.75, 3.05) is 6.61 Å². The summed E-state index contributed by atoms with van der Waals surface area (Å²) in [7, 11) is 0. The molecule has 0 radical (unpaired) electrons. The van der Waals surface area contributed by atoms with E-state index in [1.165, 1.54) is 0 Å². The first-order chi connectivity index (χ1) is 7.49. The Balaban J connectivity index is 2.14. The molecule has 0 heterocycles. The summed E-state index contributed by atoms with van der Waals surface area (Å²) in [5.74, 6) is -0.00595. The Morgan fingerprint density at radius 1 is 1.38 bits per heavy atom. The fourth-order valence-corrected chi connectivity index (χ4v) is 2.08. The summed E-state index contributed by atoms with van der Waals surface area (Å²) in [6.07, 6.45) is -2.02. The standard InChI is InChI=1S/C10H18F2N2O2/c11-8-4-6(5-9(8)12)3-7(13)1-2-16-10(14)15/h6-9H,1-5,13H2,(H2,14,15). The van der Waals surface area contributed by atoms with Crippen LogP contribution in [0.1, 0.15) is 25.7 Å². The van der Waals surface area contributed by atoms with Gasteiger partial charge in [-0.3, -0.25) is 0 Å². The van der Waals surface area contributed by atoms with Crippen molar-refractivity contribution in [1.29, 1.82) is 0 Å². The normalized spacial score (nSPS) is 31.3. The minimum atomic E-state index is -1.35. The molecule has 0 spiro atoms. The maximum atomic E-state index is 12.9. The number of ether oxygens (including phenoxy) is 1. The molecule has 3 unspecified atom stereocenters. The molecule has 1 saturated carbocycles. The van der Waals surface area contributed by atoms with Crippen molar-refractivity contribution in [2.24, 2.45) is 17.4 Å². The van der Waals surface area contributed by atoms with Crippen LogP contribution in [0.3, 0.4) is 0 Å². The molecule has 1 fully saturated rings. The lowest BCUT2D eigenvalue weighted by Gasteiger charge is -2.15. The molecular formula is C10H18F2N2O2. The van der Waals surface area contributed by atoms with Gasteiger partial charge in [-0.1, -0.05) is 0 Å². The number of halogens is 2. The van der Waals surface area contributed by atoms with E-state index in [2.05, 4.69) is 4.74 Å². The fraction of sp³-hybridized carbons (Fsp3) is 0.900. The minimum Gasteiger partial charge on any atom is -0.450 e. The van der Waals surface area contributed by atoms with E-state index in [4.69, 9.17) is 11.5 Å². The van der Waals surface area contributed by atoms with E-state index in [1.54, 1.807) is 0 Å². The third-order valence-electron chi connectivity index (χ3n) is 2.88. The number of amides is 1. The molecular weight excluding hydrogens is 218 g/mol. The Morgan fingerprint density at radius 3 is 2.44 bits per heavy atom. The highest BCUT2D eigenvalue weighted by Gasteiger charge is 2.34. The SMILES string of the molecule is NC(=O)OCCC(N)CC1CC(F)C(F)C1. The van der Waals surface area contributed by atoms with Crippen molar-refractivity contribution in [1.82, 2.24) is 0 Å². The minimum absolute atomic E-state index is 0.00595. The molecule has 0 aromatic heterocycles. The number of primary amides is 1. The molecule has 4 nitrogen and oxygen atoms in total. The second-order valence-electron chi connectivity index (χ2n) is 4.32.